The van der Waals surface area contributed by atoms with Crippen LogP contribution < -0.4 is 0 Å². The zero-order chi connectivity index (χ0) is 31.3. The third kappa shape index (κ3) is 6.27. The van der Waals surface area contributed by atoms with Crippen molar-refractivity contribution < 1.29 is 51.9 Å². The quantitative estimate of drug-likeness (QED) is 0.254. The Morgan fingerprint density at radius 2 is 1.77 bits per heavy atom. The van der Waals surface area contributed by atoms with Gasteiger partial charge in [0, 0.05) is 31.5 Å². The lowest BCUT2D eigenvalue weighted by molar-refractivity contribution is -0.179. The molecule has 5 rings (SSSR count). The zero-order valence-corrected chi connectivity index (χ0v) is 23.9. The summed E-state index contributed by atoms with van der Waals surface area (Å²) in [6.07, 6.45) is -3.03. The average Bonchev–Trinajstić information content (AvgIpc) is 3.41. The van der Waals surface area contributed by atoms with E-state index in [4.69, 9.17) is 4.74 Å². The second-order valence-corrected chi connectivity index (χ2v) is 12.8. The second-order valence-electron chi connectivity index (χ2n) is 11.5. The number of carbonyl (C=O) groups excluding carboxylic acids is 1. The van der Waals surface area contributed by atoms with Gasteiger partial charge in [-0.25, -0.2) is 26.6 Å². The Morgan fingerprint density at radius 1 is 1.14 bits per heavy atom. The Balaban J connectivity index is 1.44. The van der Waals surface area contributed by atoms with Crippen molar-refractivity contribution in [3.63, 3.8) is 0 Å². The van der Waals surface area contributed by atoms with Gasteiger partial charge in [0.15, 0.2) is 17.5 Å². The number of aliphatic hydroxyl groups excluding tert-OH is 3. The molecule has 1 amide bonds. The normalized spacial score (nSPS) is 29.6. The van der Waals surface area contributed by atoms with E-state index in [1.54, 1.807) is 7.05 Å². The van der Waals surface area contributed by atoms with E-state index in [0.717, 1.165) is 30.1 Å². The fourth-order valence-electron chi connectivity index (χ4n) is 5.75. The summed E-state index contributed by atoms with van der Waals surface area (Å²) >= 11 is 0.713. The Kier molecular flexibility index (Phi) is 9.09. The third-order valence-corrected chi connectivity index (χ3v) is 10.3. The largest absolute Gasteiger partial charge is 0.394 e. The number of benzene rings is 1. The fourth-order valence-corrected chi connectivity index (χ4v) is 7.32. The first-order chi connectivity index (χ1) is 20.2. The van der Waals surface area contributed by atoms with E-state index in [1.807, 2.05) is 0 Å². The molecule has 3 aliphatic rings. The summed E-state index contributed by atoms with van der Waals surface area (Å²) in [6.45, 7) is -0.728. The monoisotopic (exact) mass is 636 g/mol. The van der Waals surface area contributed by atoms with Crippen molar-refractivity contribution in [2.24, 2.45) is 0 Å². The average molecular weight is 637 g/mol. The molecule has 1 aromatic heterocycles. The van der Waals surface area contributed by atoms with Crippen molar-refractivity contribution >= 4 is 17.7 Å². The Morgan fingerprint density at radius 3 is 2.33 bits per heavy atom. The molecule has 0 bridgehead atoms. The lowest BCUT2D eigenvalue weighted by Gasteiger charge is -2.47. The summed E-state index contributed by atoms with van der Waals surface area (Å²) in [5.74, 6) is -8.12. The molecule has 0 spiro atoms. The van der Waals surface area contributed by atoms with Crippen molar-refractivity contribution in [3.05, 3.63) is 35.8 Å². The highest BCUT2D eigenvalue weighted by Crippen LogP contribution is 2.47. The molecule has 238 valence electrons. The number of aliphatic hydroxyl groups is 4. The molecular weight excluding hydrogens is 603 g/mol. The number of ether oxygens (including phenoxy) is 1. The van der Waals surface area contributed by atoms with Gasteiger partial charge in [-0.3, -0.25) is 4.79 Å². The van der Waals surface area contributed by atoms with Crippen LogP contribution in [-0.2, 0) is 9.53 Å². The van der Waals surface area contributed by atoms with E-state index < -0.39 is 89.4 Å². The molecule has 0 radical (unpaired) electrons. The first-order valence-electron chi connectivity index (χ1n) is 14.0. The van der Waals surface area contributed by atoms with Gasteiger partial charge in [-0.2, -0.15) is 0 Å². The number of hydrogen-bond acceptors (Lipinski definition) is 9. The zero-order valence-electron chi connectivity index (χ0n) is 23.1. The first kappa shape index (κ1) is 32.0. The van der Waals surface area contributed by atoms with Crippen molar-refractivity contribution in [2.45, 2.75) is 97.6 Å². The van der Waals surface area contributed by atoms with E-state index in [9.17, 15) is 47.2 Å². The Labute approximate surface area is 247 Å². The number of thioether (sulfide) groups is 1. The summed E-state index contributed by atoms with van der Waals surface area (Å²) in [6, 6.07) is -0.0644. The van der Waals surface area contributed by atoms with Crippen LogP contribution in [-0.4, -0.2) is 106 Å². The van der Waals surface area contributed by atoms with Gasteiger partial charge in [-0.15, -0.1) is 16.9 Å². The highest BCUT2D eigenvalue weighted by atomic mass is 32.2. The summed E-state index contributed by atoms with van der Waals surface area (Å²) in [7, 11) is 1.57. The highest BCUT2D eigenvalue weighted by molar-refractivity contribution is 8.01. The van der Waals surface area contributed by atoms with E-state index in [0.29, 0.717) is 23.9 Å². The Hall–Kier alpha value is -2.37. The molecule has 10 nitrogen and oxygen atoms in total. The SMILES string of the molecule is CN(C(=O)[C@H](S[C@@H]1O[C@H](CO)[C@H](O)[C@H](n2cc(-c3cc(F)c(F)c(F)c3)nn2)[C@H]1O)C1(O)CCC(F)(F)CC1)C1CCC1. The van der Waals surface area contributed by atoms with E-state index in [-0.39, 0.29) is 30.1 Å². The second kappa shape index (κ2) is 12.2. The van der Waals surface area contributed by atoms with Crippen LogP contribution in [0.15, 0.2) is 18.3 Å². The predicted molar refractivity (Wildman–Crippen MR) is 142 cm³/mol. The smallest absolute Gasteiger partial charge is 0.248 e. The molecular formula is C27H33F5N4O6S. The van der Waals surface area contributed by atoms with Crippen molar-refractivity contribution in [3.8, 4) is 11.3 Å². The van der Waals surface area contributed by atoms with Gasteiger partial charge in [0.1, 0.15) is 40.7 Å². The highest BCUT2D eigenvalue weighted by Gasteiger charge is 2.54. The van der Waals surface area contributed by atoms with Crippen LogP contribution in [0.5, 0.6) is 0 Å². The van der Waals surface area contributed by atoms with Gasteiger partial charge in [0.25, 0.3) is 0 Å². The minimum Gasteiger partial charge on any atom is -0.394 e. The third-order valence-electron chi connectivity index (χ3n) is 8.74. The summed E-state index contributed by atoms with van der Waals surface area (Å²) in [5, 5.41) is 50.2. The van der Waals surface area contributed by atoms with E-state index in [2.05, 4.69) is 10.3 Å². The van der Waals surface area contributed by atoms with Crippen LogP contribution in [0.2, 0.25) is 0 Å². The maximum absolute atomic E-state index is 14.0. The number of rotatable bonds is 8. The van der Waals surface area contributed by atoms with Crippen LogP contribution in [0, 0.1) is 17.5 Å². The van der Waals surface area contributed by atoms with Gasteiger partial charge in [-0.05, 0) is 44.2 Å². The van der Waals surface area contributed by atoms with Crippen LogP contribution in [0.1, 0.15) is 51.0 Å². The van der Waals surface area contributed by atoms with Crippen LogP contribution in [0.25, 0.3) is 11.3 Å². The number of aromatic nitrogens is 3. The topological polar surface area (TPSA) is 141 Å². The molecule has 43 heavy (non-hydrogen) atoms. The fraction of sp³-hybridized carbons (Fsp3) is 0.667. The number of hydrogen-bond donors (Lipinski definition) is 4. The molecule has 1 saturated heterocycles. The molecule has 0 unspecified atom stereocenters. The maximum atomic E-state index is 14.0. The molecule has 2 aliphatic carbocycles. The van der Waals surface area contributed by atoms with Crippen LogP contribution >= 0.6 is 11.8 Å². The molecule has 2 heterocycles. The summed E-state index contributed by atoms with van der Waals surface area (Å²) in [4.78, 5) is 15.2. The molecule has 2 aromatic rings. The van der Waals surface area contributed by atoms with E-state index >= 15 is 0 Å². The number of carbonyl (C=O) groups is 1. The van der Waals surface area contributed by atoms with Gasteiger partial charge < -0.3 is 30.1 Å². The van der Waals surface area contributed by atoms with E-state index in [1.165, 1.54) is 4.90 Å². The van der Waals surface area contributed by atoms with Crippen LogP contribution in [0.3, 0.4) is 0 Å². The summed E-state index contributed by atoms with van der Waals surface area (Å²) in [5.41, 5.74) is -3.53. The van der Waals surface area contributed by atoms with Gasteiger partial charge in [0.2, 0.25) is 11.8 Å². The van der Waals surface area contributed by atoms with Gasteiger partial charge >= 0.3 is 0 Å². The molecule has 2 saturated carbocycles. The molecule has 6 atom stereocenters. The number of alkyl halides is 2. The summed E-state index contributed by atoms with van der Waals surface area (Å²) < 4.78 is 75.9. The maximum Gasteiger partial charge on any atom is 0.248 e. The number of nitrogens with zero attached hydrogens (tertiary/aromatic N) is 4. The van der Waals surface area contributed by atoms with Crippen molar-refractivity contribution in [2.75, 3.05) is 13.7 Å². The van der Waals surface area contributed by atoms with Gasteiger partial charge in [-0.1, -0.05) is 5.21 Å². The molecule has 1 aromatic carbocycles. The Bertz CT molecular complexity index is 1300. The molecule has 3 fully saturated rings. The molecule has 16 heteroatoms. The first-order valence-corrected chi connectivity index (χ1v) is 14.9. The lowest BCUT2D eigenvalue weighted by atomic mass is 9.79. The number of amides is 1. The van der Waals surface area contributed by atoms with Crippen molar-refractivity contribution in [1.82, 2.24) is 19.9 Å². The van der Waals surface area contributed by atoms with Gasteiger partial charge in [0.05, 0.1) is 18.4 Å². The molecule has 1 aliphatic heterocycles. The minimum absolute atomic E-state index is 0.0871. The standard InChI is InChI=1S/C27H33F5N4O6S/c1-35(14-3-2-4-14)24(40)23(26(41)5-7-27(31,32)8-6-26)43-25-22(39)20(21(38)18(12-37)42-25)36-11-17(33-34-36)13-9-15(28)19(30)16(29)10-13/h9-11,14,18,20-23,25,37-39,41H,2-8,12H2,1H3/t18-,20+,21+,22-,23+,25+/m1/s1. The van der Waals surface area contributed by atoms with Crippen LogP contribution in [0.4, 0.5) is 22.0 Å². The predicted octanol–water partition coefficient (Wildman–Crippen LogP) is 2.40. The lowest BCUT2D eigenvalue weighted by Crippen LogP contribution is -2.59. The molecule has 4 N–H and O–H groups in total. The number of halogens is 5. The minimum atomic E-state index is -3.00. The van der Waals surface area contributed by atoms with Crippen molar-refractivity contribution in [1.29, 1.82) is 0 Å².